The van der Waals surface area contributed by atoms with E-state index in [1.54, 1.807) is 40.3 Å². The zero-order chi connectivity index (χ0) is 22.6. The molecule has 0 saturated heterocycles. The second-order valence-corrected chi connectivity index (χ2v) is 8.13. The van der Waals surface area contributed by atoms with Crippen molar-refractivity contribution in [3.63, 3.8) is 0 Å². The molecule has 4 aromatic heterocycles. The van der Waals surface area contributed by atoms with Crippen LogP contribution in [-0.2, 0) is 14.1 Å². The summed E-state index contributed by atoms with van der Waals surface area (Å²) in [4.78, 5) is 22.3. The summed E-state index contributed by atoms with van der Waals surface area (Å²) in [7, 11) is 3.50. The summed E-state index contributed by atoms with van der Waals surface area (Å²) in [6.07, 6.45) is 5.32. The highest BCUT2D eigenvalue weighted by molar-refractivity contribution is 6.31. The number of aryl methyl sites for hydroxylation is 3. The highest BCUT2D eigenvalue weighted by Crippen LogP contribution is 2.31. The van der Waals surface area contributed by atoms with Gasteiger partial charge < -0.3 is 5.32 Å². The molecular formula is C23H22ClN7O. The lowest BCUT2D eigenvalue weighted by atomic mass is 10.0. The number of anilines is 1. The molecule has 0 radical (unpaired) electrons. The van der Waals surface area contributed by atoms with E-state index in [9.17, 15) is 4.79 Å². The van der Waals surface area contributed by atoms with Crippen molar-refractivity contribution in [2.75, 3.05) is 11.9 Å². The zero-order valence-corrected chi connectivity index (χ0v) is 19.0. The fourth-order valence-electron chi connectivity index (χ4n) is 4.06. The Morgan fingerprint density at radius 3 is 2.62 bits per heavy atom. The van der Waals surface area contributed by atoms with Crippen LogP contribution < -0.4 is 11.0 Å². The van der Waals surface area contributed by atoms with Crippen LogP contribution in [0.1, 0.15) is 12.6 Å². The predicted octanol–water partition coefficient (Wildman–Crippen LogP) is 4.07. The summed E-state index contributed by atoms with van der Waals surface area (Å²) in [5.74, 6) is 0. The summed E-state index contributed by atoms with van der Waals surface area (Å²) in [5.41, 5.74) is 6.49. The van der Waals surface area contributed by atoms with E-state index in [1.807, 2.05) is 31.3 Å². The fraction of sp³-hybridized carbons (Fsp3) is 0.217. The Morgan fingerprint density at radius 1 is 1.09 bits per heavy atom. The Labute approximate surface area is 189 Å². The second-order valence-electron chi connectivity index (χ2n) is 7.77. The van der Waals surface area contributed by atoms with Gasteiger partial charge >= 0.3 is 5.69 Å². The third-order valence-electron chi connectivity index (χ3n) is 5.68. The molecule has 8 nitrogen and oxygen atoms in total. The van der Waals surface area contributed by atoms with E-state index in [-0.39, 0.29) is 10.8 Å². The van der Waals surface area contributed by atoms with Crippen LogP contribution in [0.4, 0.5) is 5.69 Å². The van der Waals surface area contributed by atoms with Gasteiger partial charge in [0, 0.05) is 37.8 Å². The van der Waals surface area contributed by atoms with Crippen molar-refractivity contribution in [1.82, 2.24) is 28.9 Å². The molecule has 0 unspecified atom stereocenters. The standard InChI is InChI=1S/C23H22ClN7O/c1-5-25-18-9-15(10-26-13(18)2)14-6-7-17-16(8-14)21-19(11-27-17)30(4)23(32)31(21)20-12-29(3)28-22(20)24/h6-12,25H,5H2,1-4H3. The first kappa shape index (κ1) is 20.3. The highest BCUT2D eigenvalue weighted by Gasteiger charge is 2.20. The molecule has 0 saturated carbocycles. The number of pyridine rings is 2. The van der Waals surface area contributed by atoms with E-state index in [0.717, 1.165) is 51.0 Å². The average molecular weight is 448 g/mol. The molecular weight excluding hydrogens is 426 g/mol. The SMILES string of the molecule is CCNc1cc(-c2ccc3ncc4c(c3c2)n(-c2cn(C)nc2Cl)c(=O)n4C)cnc1C. The van der Waals surface area contributed by atoms with Crippen molar-refractivity contribution in [1.29, 1.82) is 0 Å². The number of hydrogen-bond donors (Lipinski definition) is 1. The lowest BCUT2D eigenvalue weighted by Crippen LogP contribution is -2.20. The quantitative estimate of drug-likeness (QED) is 0.449. The summed E-state index contributed by atoms with van der Waals surface area (Å²) in [6, 6.07) is 8.12. The van der Waals surface area contributed by atoms with E-state index < -0.39 is 0 Å². The van der Waals surface area contributed by atoms with Gasteiger partial charge in [0.15, 0.2) is 5.15 Å². The minimum Gasteiger partial charge on any atom is -0.384 e. The maximum Gasteiger partial charge on any atom is 0.333 e. The monoisotopic (exact) mass is 447 g/mol. The van der Waals surface area contributed by atoms with E-state index >= 15 is 0 Å². The lowest BCUT2D eigenvalue weighted by molar-refractivity contribution is 0.767. The summed E-state index contributed by atoms with van der Waals surface area (Å²) < 4.78 is 4.78. The highest BCUT2D eigenvalue weighted by atomic mass is 35.5. The molecule has 0 bridgehead atoms. The number of imidazole rings is 1. The Bertz CT molecular complexity index is 1560. The molecule has 5 aromatic rings. The molecule has 162 valence electrons. The van der Waals surface area contributed by atoms with Crippen LogP contribution in [0, 0.1) is 6.92 Å². The van der Waals surface area contributed by atoms with Crippen LogP contribution in [0.3, 0.4) is 0 Å². The summed E-state index contributed by atoms with van der Waals surface area (Å²) in [5, 5.41) is 8.68. The molecule has 0 fully saturated rings. The maximum absolute atomic E-state index is 13.2. The number of nitrogens with zero attached hydrogens (tertiary/aromatic N) is 6. The van der Waals surface area contributed by atoms with Gasteiger partial charge in [-0.25, -0.2) is 4.79 Å². The number of halogens is 1. The van der Waals surface area contributed by atoms with Gasteiger partial charge in [0.25, 0.3) is 0 Å². The Kier molecular flexibility index (Phi) is 4.74. The molecule has 9 heteroatoms. The van der Waals surface area contributed by atoms with Gasteiger partial charge in [-0.15, -0.1) is 0 Å². The zero-order valence-electron chi connectivity index (χ0n) is 18.2. The second kappa shape index (κ2) is 7.49. The fourth-order valence-corrected chi connectivity index (χ4v) is 4.31. The van der Waals surface area contributed by atoms with Crippen LogP contribution in [0.25, 0.3) is 38.8 Å². The number of benzene rings is 1. The van der Waals surface area contributed by atoms with Gasteiger partial charge in [0.05, 0.1) is 40.3 Å². The van der Waals surface area contributed by atoms with Gasteiger partial charge in [0.1, 0.15) is 5.69 Å². The minimum atomic E-state index is -0.207. The molecule has 1 N–H and O–H groups in total. The minimum absolute atomic E-state index is 0.207. The Morgan fingerprint density at radius 2 is 1.91 bits per heavy atom. The molecule has 0 aliphatic carbocycles. The molecule has 0 aliphatic rings. The van der Waals surface area contributed by atoms with Gasteiger partial charge in [-0.1, -0.05) is 17.7 Å². The van der Waals surface area contributed by atoms with Gasteiger partial charge in [-0.3, -0.25) is 23.8 Å². The third kappa shape index (κ3) is 3.06. The van der Waals surface area contributed by atoms with Crippen molar-refractivity contribution < 1.29 is 0 Å². The number of aromatic nitrogens is 6. The van der Waals surface area contributed by atoms with Crippen LogP contribution in [0.2, 0.25) is 5.15 Å². The number of nitrogens with one attached hydrogen (secondary N) is 1. The topological polar surface area (TPSA) is 82.6 Å². The molecule has 0 spiro atoms. The number of rotatable bonds is 4. The van der Waals surface area contributed by atoms with Gasteiger partial charge in [-0.05, 0) is 37.6 Å². The number of hydrogen-bond acceptors (Lipinski definition) is 5. The molecule has 0 amide bonds. The van der Waals surface area contributed by atoms with Crippen LogP contribution >= 0.6 is 11.6 Å². The van der Waals surface area contributed by atoms with Crippen molar-refractivity contribution in [3.05, 3.63) is 64.2 Å². The van der Waals surface area contributed by atoms with Crippen molar-refractivity contribution in [2.24, 2.45) is 14.1 Å². The molecule has 5 rings (SSSR count). The van der Waals surface area contributed by atoms with Crippen molar-refractivity contribution >= 4 is 39.2 Å². The maximum atomic E-state index is 13.2. The van der Waals surface area contributed by atoms with E-state index in [0.29, 0.717) is 5.69 Å². The first-order valence-electron chi connectivity index (χ1n) is 10.3. The van der Waals surface area contributed by atoms with E-state index in [4.69, 9.17) is 11.6 Å². The van der Waals surface area contributed by atoms with Gasteiger partial charge in [0.2, 0.25) is 0 Å². The van der Waals surface area contributed by atoms with Crippen LogP contribution in [-0.4, -0.2) is 35.4 Å². The van der Waals surface area contributed by atoms with Crippen molar-refractivity contribution in [2.45, 2.75) is 13.8 Å². The Balaban J connectivity index is 1.82. The predicted molar refractivity (Wildman–Crippen MR) is 128 cm³/mol. The summed E-state index contributed by atoms with van der Waals surface area (Å²) in [6.45, 7) is 4.86. The van der Waals surface area contributed by atoms with Gasteiger partial charge in [-0.2, -0.15) is 5.10 Å². The summed E-state index contributed by atoms with van der Waals surface area (Å²) >= 11 is 6.37. The molecule has 0 aliphatic heterocycles. The van der Waals surface area contributed by atoms with E-state index in [1.165, 1.54) is 0 Å². The largest absolute Gasteiger partial charge is 0.384 e. The lowest BCUT2D eigenvalue weighted by Gasteiger charge is -2.11. The molecule has 0 atom stereocenters. The smallest absolute Gasteiger partial charge is 0.333 e. The first-order chi connectivity index (χ1) is 15.4. The average Bonchev–Trinajstić information content (AvgIpc) is 3.24. The molecule has 4 heterocycles. The van der Waals surface area contributed by atoms with Crippen LogP contribution in [0.5, 0.6) is 0 Å². The molecule has 32 heavy (non-hydrogen) atoms. The Hall–Kier alpha value is -3.65. The van der Waals surface area contributed by atoms with Crippen molar-refractivity contribution in [3.8, 4) is 16.8 Å². The normalized spacial score (nSPS) is 11.5. The number of fused-ring (bicyclic) bond motifs is 3. The first-order valence-corrected chi connectivity index (χ1v) is 10.7. The molecule has 1 aromatic carbocycles. The van der Waals surface area contributed by atoms with Crippen LogP contribution in [0.15, 0.2) is 47.7 Å². The third-order valence-corrected chi connectivity index (χ3v) is 5.95. The van der Waals surface area contributed by atoms with E-state index in [2.05, 4.69) is 33.4 Å².